The number of benzene rings is 4. The molecule has 1 saturated heterocycles. The average Bonchev–Trinajstić information content (AvgIpc) is 3.30. The van der Waals surface area contributed by atoms with Crippen molar-refractivity contribution >= 4 is 40.9 Å². The average molecular weight is 529 g/mol. The monoisotopic (exact) mass is 528 g/mol. The van der Waals surface area contributed by atoms with Crippen LogP contribution in [0.5, 0.6) is 11.5 Å². The highest BCUT2D eigenvalue weighted by Crippen LogP contribution is 2.39. The molecule has 7 heteroatoms. The van der Waals surface area contributed by atoms with Gasteiger partial charge in [0.05, 0.1) is 11.4 Å². The highest BCUT2D eigenvalue weighted by molar-refractivity contribution is 8.00. The van der Waals surface area contributed by atoms with Gasteiger partial charge in [-0.1, -0.05) is 72.3 Å². The van der Waals surface area contributed by atoms with E-state index in [1.807, 2.05) is 65.6 Å². The Morgan fingerprint density at radius 1 is 0.946 bits per heavy atom. The van der Waals surface area contributed by atoms with Crippen molar-refractivity contribution in [2.45, 2.75) is 11.8 Å². The molecule has 37 heavy (non-hydrogen) atoms. The number of amides is 2. The predicted molar refractivity (Wildman–Crippen MR) is 149 cm³/mol. The number of para-hydroxylation sites is 1. The lowest BCUT2D eigenvalue weighted by Gasteiger charge is -2.24. The molecule has 1 heterocycles. The molecule has 1 fully saturated rings. The van der Waals surface area contributed by atoms with E-state index < -0.39 is 0 Å². The van der Waals surface area contributed by atoms with Gasteiger partial charge in [0.2, 0.25) is 5.91 Å². The fourth-order valence-electron chi connectivity index (χ4n) is 4.16. The Kier molecular flexibility index (Phi) is 7.78. The quantitative estimate of drug-likeness (QED) is 0.263. The zero-order valence-corrected chi connectivity index (χ0v) is 21.5. The number of hydrogen-bond donors (Lipinski definition) is 1. The molecule has 1 aliphatic heterocycles. The summed E-state index contributed by atoms with van der Waals surface area (Å²) in [7, 11) is 0. The van der Waals surface area contributed by atoms with Crippen LogP contribution in [0.1, 0.15) is 26.9 Å². The highest BCUT2D eigenvalue weighted by atomic mass is 35.5. The van der Waals surface area contributed by atoms with Crippen LogP contribution < -0.4 is 10.1 Å². The third kappa shape index (κ3) is 6.16. The van der Waals surface area contributed by atoms with Crippen molar-refractivity contribution in [2.75, 3.05) is 17.6 Å². The molecule has 0 radical (unpaired) electrons. The molecule has 1 N–H and O–H groups in total. The van der Waals surface area contributed by atoms with Gasteiger partial charge in [-0.15, -0.1) is 11.8 Å². The fourth-order valence-corrected chi connectivity index (χ4v) is 5.56. The number of halogens is 1. The van der Waals surface area contributed by atoms with Gasteiger partial charge in [0.1, 0.15) is 11.1 Å². The lowest BCUT2D eigenvalue weighted by Crippen LogP contribution is -2.30. The lowest BCUT2D eigenvalue weighted by atomic mass is 10.1. The van der Waals surface area contributed by atoms with E-state index >= 15 is 0 Å². The van der Waals surface area contributed by atoms with Gasteiger partial charge in [0.25, 0.3) is 5.91 Å². The van der Waals surface area contributed by atoms with Crippen molar-refractivity contribution in [1.82, 2.24) is 4.90 Å². The molecule has 5 nitrogen and oxygen atoms in total. The van der Waals surface area contributed by atoms with Crippen molar-refractivity contribution in [1.29, 1.82) is 0 Å². The zero-order valence-electron chi connectivity index (χ0n) is 20.0. The largest absolute Gasteiger partial charge is 0.455 e. The summed E-state index contributed by atoms with van der Waals surface area (Å²) in [6.45, 7) is 0.654. The molecule has 4 aromatic carbocycles. The van der Waals surface area contributed by atoms with Crippen molar-refractivity contribution in [3.63, 3.8) is 0 Å². The highest BCUT2D eigenvalue weighted by Gasteiger charge is 2.32. The molecule has 1 aliphatic rings. The van der Waals surface area contributed by atoms with Gasteiger partial charge in [-0.25, -0.2) is 0 Å². The van der Waals surface area contributed by atoms with E-state index in [4.69, 9.17) is 16.3 Å². The molecule has 0 aromatic heterocycles. The van der Waals surface area contributed by atoms with E-state index in [2.05, 4.69) is 17.4 Å². The van der Waals surface area contributed by atoms with E-state index in [1.54, 1.807) is 42.1 Å². The minimum absolute atomic E-state index is 0.0628. The Hall–Kier alpha value is -3.74. The second-order valence-corrected chi connectivity index (χ2v) is 10.1. The number of nitrogens with zero attached hydrogens (tertiary/aromatic N) is 1. The molecule has 0 bridgehead atoms. The van der Waals surface area contributed by atoms with Crippen LogP contribution in [0.2, 0.25) is 5.02 Å². The van der Waals surface area contributed by atoms with Gasteiger partial charge >= 0.3 is 0 Å². The predicted octanol–water partition coefficient (Wildman–Crippen LogP) is 7.20. The minimum Gasteiger partial charge on any atom is -0.455 e. The van der Waals surface area contributed by atoms with Gasteiger partial charge in [0, 0.05) is 17.1 Å². The first-order valence-electron chi connectivity index (χ1n) is 12.0. The van der Waals surface area contributed by atoms with Crippen LogP contribution in [-0.4, -0.2) is 29.0 Å². The van der Waals surface area contributed by atoms with E-state index in [0.717, 1.165) is 12.0 Å². The van der Waals surface area contributed by atoms with Crippen molar-refractivity contribution in [2.24, 2.45) is 0 Å². The number of carbonyl (C=O) groups excluding carboxylic acids is 2. The minimum atomic E-state index is -0.275. The van der Waals surface area contributed by atoms with Crippen LogP contribution in [-0.2, 0) is 11.2 Å². The Morgan fingerprint density at radius 2 is 1.65 bits per heavy atom. The second kappa shape index (κ2) is 11.5. The van der Waals surface area contributed by atoms with Crippen LogP contribution >= 0.6 is 23.4 Å². The number of nitrogens with one attached hydrogen (secondary N) is 1. The van der Waals surface area contributed by atoms with Gasteiger partial charge < -0.3 is 15.0 Å². The molecular formula is C30H25ClN2O3S. The maximum atomic E-state index is 13.1. The molecule has 1 atom stereocenters. The number of anilines is 1. The Labute approximate surface area is 225 Å². The second-order valence-electron chi connectivity index (χ2n) is 8.62. The van der Waals surface area contributed by atoms with Crippen LogP contribution in [0.3, 0.4) is 0 Å². The lowest BCUT2D eigenvalue weighted by molar-refractivity contribution is -0.128. The summed E-state index contributed by atoms with van der Waals surface area (Å²) >= 11 is 7.80. The van der Waals surface area contributed by atoms with Crippen molar-refractivity contribution in [3.05, 3.63) is 125 Å². The van der Waals surface area contributed by atoms with Crippen LogP contribution in [0.15, 0.2) is 103 Å². The maximum absolute atomic E-state index is 13.1. The summed E-state index contributed by atoms with van der Waals surface area (Å²) in [4.78, 5) is 27.5. The Bertz CT molecular complexity index is 1380. The van der Waals surface area contributed by atoms with E-state index in [9.17, 15) is 9.59 Å². The summed E-state index contributed by atoms with van der Waals surface area (Å²) in [5, 5.41) is 3.34. The molecule has 4 aromatic rings. The van der Waals surface area contributed by atoms with Gasteiger partial charge in [-0.3, -0.25) is 9.59 Å². The normalized spacial score (nSPS) is 15.0. The zero-order chi connectivity index (χ0) is 25.6. The maximum Gasteiger partial charge on any atom is 0.255 e. The Morgan fingerprint density at radius 3 is 2.38 bits per heavy atom. The topological polar surface area (TPSA) is 58.6 Å². The molecule has 5 rings (SSSR count). The number of rotatable bonds is 8. The molecule has 0 aliphatic carbocycles. The molecule has 186 valence electrons. The number of carbonyl (C=O) groups is 2. The summed E-state index contributed by atoms with van der Waals surface area (Å²) in [6.07, 6.45) is 0.803. The molecular weight excluding hydrogens is 504 g/mol. The van der Waals surface area contributed by atoms with E-state index in [0.29, 0.717) is 40.1 Å². The molecule has 2 amide bonds. The van der Waals surface area contributed by atoms with E-state index in [-0.39, 0.29) is 17.2 Å². The molecule has 0 spiro atoms. The Balaban J connectivity index is 1.27. The first-order chi connectivity index (χ1) is 18.1. The third-order valence-electron chi connectivity index (χ3n) is 6.07. The van der Waals surface area contributed by atoms with Crippen LogP contribution in [0.4, 0.5) is 5.69 Å². The molecule has 0 unspecified atom stereocenters. The summed E-state index contributed by atoms with van der Waals surface area (Å²) in [5.74, 6) is 1.48. The summed E-state index contributed by atoms with van der Waals surface area (Å²) in [5.41, 5.74) is 3.18. The smallest absolute Gasteiger partial charge is 0.255 e. The van der Waals surface area contributed by atoms with Gasteiger partial charge in [-0.05, 0) is 60.0 Å². The standard InChI is InChI=1S/C30H25ClN2O3S/c31-24-15-16-27(36-25-9-5-2-6-10-25)26(19-24)32-29(35)22-11-13-23(14-12-22)30-33(28(34)20-37-30)18-17-21-7-3-1-4-8-21/h1-16,19,30H,17-18,20H2,(H,32,35)/t30-/m1/s1. The van der Waals surface area contributed by atoms with Gasteiger partial charge in [0.15, 0.2) is 5.75 Å². The summed E-state index contributed by atoms with van der Waals surface area (Å²) < 4.78 is 5.95. The SMILES string of the molecule is O=C(Nc1cc(Cl)ccc1Oc1ccccc1)c1ccc([C@H]2SCC(=O)N2CCc2ccccc2)cc1. The molecule has 0 saturated carbocycles. The van der Waals surface area contributed by atoms with Crippen LogP contribution in [0, 0.1) is 0 Å². The summed E-state index contributed by atoms with van der Waals surface area (Å²) in [6, 6.07) is 32.0. The van der Waals surface area contributed by atoms with Crippen molar-refractivity contribution in [3.8, 4) is 11.5 Å². The number of hydrogen-bond acceptors (Lipinski definition) is 4. The van der Waals surface area contributed by atoms with Gasteiger partial charge in [-0.2, -0.15) is 0 Å². The first kappa shape index (κ1) is 24.9. The van der Waals surface area contributed by atoms with Crippen LogP contribution in [0.25, 0.3) is 0 Å². The third-order valence-corrected chi connectivity index (χ3v) is 7.56. The van der Waals surface area contributed by atoms with Crippen molar-refractivity contribution < 1.29 is 14.3 Å². The first-order valence-corrected chi connectivity index (χ1v) is 13.4. The van der Waals surface area contributed by atoms with E-state index in [1.165, 1.54) is 5.56 Å². The fraction of sp³-hybridized carbons (Fsp3) is 0.133. The number of ether oxygens (including phenoxy) is 1. The number of thioether (sulfide) groups is 1.